The molecule has 0 unspecified atom stereocenters. The fourth-order valence-electron chi connectivity index (χ4n) is 2.58. The largest absolute Gasteiger partial charge is 0.493 e. The molecule has 0 aromatic heterocycles. The van der Waals surface area contributed by atoms with E-state index in [1.807, 2.05) is 18.2 Å². The van der Waals surface area contributed by atoms with E-state index in [1.54, 1.807) is 32.4 Å². The lowest BCUT2D eigenvalue weighted by Crippen LogP contribution is -2.03. The Labute approximate surface area is 123 Å². The van der Waals surface area contributed by atoms with E-state index in [0.29, 0.717) is 22.6 Å². The van der Waals surface area contributed by atoms with Crippen LogP contribution in [0.2, 0.25) is 0 Å². The van der Waals surface area contributed by atoms with E-state index in [1.165, 1.54) is 5.56 Å². The van der Waals surface area contributed by atoms with E-state index in [2.05, 4.69) is 5.32 Å². The van der Waals surface area contributed by atoms with E-state index < -0.39 is 0 Å². The van der Waals surface area contributed by atoms with Crippen molar-refractivity contribution in [2.24, 2.45) is 0 Å². The molecular weight excluding hydrogens is 266 g/mol. The van der Waals surface area contributed by atoms with Crippen LogP contribution in [0, 0.1) is 0 Å². The number of ether oxygens (including phenoxy) is 2. The van der Waals surface area contributed by atoms with Gasteiger partial charge < -0.3 is 14.8 Å². The number of carbonyl (C=O) groups is 1. The van der Waals surface area contributed by atoms with Gasteiger partial charge in [0.25, 0.3) is 0 Å². The lowest BCUT2D eigenvalue weighted by Gasteiger charge is -2.09. The van der Waals surface area contributed by atoms with Gasteiger partial charge in [-0.3, -0.25) is 4.79 Å². The average molecular weight is 283 g/mol. The number of carbonyl (C=O) groups excluding carboxylic acids is 1. The second-order valence-corrected chi connectivity index (χ2v) is 4.95. The molecule has 1 aliphatic heterocycles. The minimum atomic E-state index is -0.0209. The van der Waals surface area contributed by atoms with Crippen molar-refractivity contribution in [2.75, 3.05) is 26.1 Å². The molecule has 21 heavy (non-hydrogen) atoms. The summed E-state index contributed by atoms with van der Waals surface area (Å²) >= 11 is 0. The summed E-state index contributed by atoms with van der Waals surface area (Å²) in [6.07, 6.45) is 1.01. The Morgan fingerprint density at radius 3 is 2.48 bits per heavy atom. The molecule has 1 N–H and O–H groups in total. The summed E-state index contributed by atoms with van der Waals surface area (Å²) in [5.41, 5.74) is 3.58. The van der Waals surface area contributed by atoms with Gasteiger partial charge in [0, 0.05) is 23.4 Å². The molecule has 0 radical (unpaired) electrons. The summed E-state index contributed by atoms with van der Waals surface area (Å²) < 4.78 is 10.4. The van der Waals surface area contributed by atoms with Crippen LogP contribution in [0.4, 0.5) is 5.69 Å². The van der Waals surface area contributed by atoms with Gasteiger partial charge in [0.1, 0.15) is 0 Å². The molecule has 2 aromatic rings. The van der Waals surface area contributed by atoms with Gasteiger partial charge in [-0.2, -0.15) is 0 Å². The van der Waals surface area contributed by atoms with E-state index >= 15 is 0 Å². The molecule has 0 atom stereocenters. The van der Waals surface area contributed by atoms with Crippen LogP contribution in [0.3, 0.4) is 0 Å². The number of benzene rings is 2. The summed E-state index contributed by atoms with van der Waals surface area (Å²) in [4.78, 5) is 12.6. The Bertz CT molecular complexity index is 694. The lowest BCUT2D eigenvalue weighted by atomic mass is 10.0. The second kappa shape index (κ2) is 5.48. The van der Waals surface area contributed by atoms with Crippen molar-refractivity contribution in [2.45, 2.75) is 6.42 Å². The molecular formula is C17H17NO3. The summed E-state index contributed by atoms with van der Waals surface area (Å²) in [6, 6.07) is 11.0. The third-order valence-corrected chi connectivity index (χ3v) is 3.73. The van der Waals surface area contributed by atoms with E-state index in [0.717, 1.165) is 18.7 Å². The molecule has 0 saturated carbocycles. The van der Waals surface area contributed by atoms with Crippen LogP contribution in [-0.2, 0) is 6.42 Å². The zero-order valence-corrected chi connectivity index (χ0v) is 12.1. The molecule has 1 heterocycles. The van der Waals surface area contributed by atoms with Crippen LogP contribution in [0.1, 0.15) is 21.5 Å². The van der Waals surface area contributed by atoms with Gasteiger partial charge in [0.05, 0.1) is 14.2 Å². The maximum absolute atomic E-state index is 12.6. The smallest absolute Gasteiger partial charge is 0.193 e. The summed E-state index contributed by atoms with van der Waals surface area (Å²) in [5.74, 6) is 1.15. The predicted molar refractivity (Wildman–Crippen MR) is 81.6 cm³/mol. The maximum atomic E-state index is 12.6. The Morgan fingerprint density at radius 1 is 1.00 bits per heavy atom. The summed E-state index contributed by atoms with van der Waals surface area (Å²) in [7, 11) is 3.14. The molecule has 0 spiro atoms. The number of nitrogens with one attached hydrogen (secondary N) is 1. The number of methoxy groups -OCH3 is 2. The molecule has 0 bridgehead atoms. The number of anilines is 1. The molecule has 0 aliphatic carbocycles. The fraction of sp³-hybridized carbons (Fsp3) is 0.235. The van der Waals surface area contributed by atoms with Gasteiger partial charge >= 0.3 is 0 Å². The molecule has 3 rings (SSSR count). The number of hydrogen-bond acceptors (Lipinski definition) is 4. The Hall–Kier alpha value is -2.49. The van der Waals surface area contributed by atoms with Gasteiger partial charge in [-0.15, -0.1) is 0 Å². The summed E-state index contributed by atoms with van der Waals surface area (Å²) in [6.45, 7) is 0.934. The van der Waals surface area contributed by atoms with Crippen molar-refractivity contribution in [1.29, 1.82) is 0 Å². The van der Waals surface area contributed by atoms with Gasteiger partial charge in [-0.25, -0.2) is 0 Å². The van der Waals surface area contributed by atoms with E-state index in [-0.39, 0.29) is 5.78 Å². The first kappa shape index (κ1) is 13.5. The Kier molecular flexibility index (Phi) is 3.52. The monoisotopic (exact) mass is 283 g/mol. The van der Waals surface area contributed by atoms with Crippen molar-refractivity contribution in [1.82, 2.24) is 0 Å². The maximum Gasteiger partial charge on any atom is 0.193 e. The van der Waals surface area contributed by atoms with Crippen molar-refractivity contribution < 1.29 is 14.3 Å². The molecule has 2 aromatic carbocycles. The summed E-state index contributed by atoms with van der Waals surface area (Å²) in [5, 5.41) is 3.29. The van der Waals surface area contributed by atoms with Crippen molar-refractivity contribution in [3.8, 4) is 11.5 Å². The molecule has 1 aliphatic rings. The van der Waals surface area contributed by atoms with Gasteiger partial charge in [-0.1, -0.05) is 12.1 Å². The standard InChI is InChI=1S/C17H17NO3/c1-20-15-6-5-13(10-16(15)21-2)17(19)12-4-3-11-7-8-18-14(11)9-12/h3-6,9-10,18H,7-8H2,1-2H3. The first-order valence-corrected chi connectivity index (χ1v) is 6.86. The normalized spacial score (nSPS) is 12.5. The zero-order chi connectivity index (χ0) is 14.8. The van der Waals surface area contributed by atoms with Crippen molar-refractivity contribution in [3.63, 3.8) is 0 Å². The molecule has 108 valence electrons. The topological polar surface area (TPSA) is 47.6 Å². The lowest BCUT2D eigenvalue weighted by molar-refractivity contribution is 0.103. The van der Waals surface area contributed by atoms with Gasteiger partial charge in [0.15, 0.2) is 17.3 Å². The first-order chi connectivity index (χ1) is 10.2. The SMILES string of the molecule is COc1ccc(C(=O)c2ccc3c(c2)NCC3)cc1OC. The quantitative estimate of drug-likeness (QED) is 0.876. The number of rotatable bonds is 4. The molecule has 4 nitrogen and oxygen atoms in total. The van der Waals surface area contributed by atoms with Gasteiger partial charge in [-0.05, 0) is 36.2 Å². The van der Waals surface area contributed by atoms with Crippen molar-refractivity contribution in [3.05, 3.63) is 53.1 Å². The van der Waals surface area contributed by atoms with Crippen LogP contribution < -0.4 is 14.8 Å². The van der Waals surface area contributed by atoms with Crippen LogP contribution >= 0.6 is 0 Å². The second-order valence-electron chi connectivity index (χ2n) is 4.95. The number of ketones is 1. The minimum Gasteiger partial charge on any atom is -0.493 e. The Morgan fingerprint density at radius 2 is 1.71 bits per heavy atom. The molecule has 0 saturated heterocycles. The highest BCUT2D eigenvalue weighted by Gasteiger charge is 2.16. The van der Waals surface area contributed by atoms with Crippen LogP contribution in [-0.4, -0.2) is 26.5 Å². The van der Waals surface area contributed by atoms with Crippen LogP contribution in [0.5, 0.6) is 11.5 Å². The van der Waals surface area contributed by atoms with Crippen LogP contribution in [0.15, 0.2) is 36.4 Å². The van der Waals surface area contributed by atoms with Crippen molar-refractivity contribution >= 4 is 11.5 Å². The zero-order valence-electron chi connectivity index (χ0n) is 12.1. The number of hydrogen-bond donors (Lipinski definition) is 1. The molecule has 0 fully saturated rings. The third-order valence-electron chi connectivity index (χ3n) is 3.73. The van der Waals surface area contributed by atoms with E-state index in [4.69, 9.17) is 9.47 Å². The van der Waals surface area contributed by atoms with E-state index in [9.17, 15) is 4.79 Å². The fourth-order valence-corrected chi connectivity index (χ4v) is 2.58. The highest BCUT2D eigenvalue weighted by Crippen LogP contribution is 2.29. The molecule has 4 heteroatoms. The predicted octanol–water partition coefficient (Wildman–Crippen LogP) is 2.90. The highest BCUT2D eigenvalue weighted by molar-refractivity contribution is 6.09. The Balaban J connectivity index is 1.95. The molecule has 0 amide bonds. The van der Waals surface area contributed by atoms with Gasteiger partial charge in [0.2, 0.25) is 0 Å². The third kappa shape index (κ3) is 2.44. The minimum absolute atomic E-state index is 0.0209. The average Bonchev–Trinajstić information content (AvgIpc) is 3.00. The first-order valence-electron chi connectivity index (χ1n) is 6.86. The highest BCUT2D eigenvalue weighted by atomic mass is 16.5. The number of fused-ring (bicyclic) bond motifs is 1. The van der Waals surface area contributed by atoms with Crippen LogP contribution in [0.25, 0.3) is 0 Å².